The summed E-state index contributed by atoms with van der Waals surface area (Å²) in [5.41, 5.74) is 8.96. The number of hydrogen-bond donors (Lipinski definition) is 4. The molecule has 136 valence electrons. The van der Waals surface area contributed by atoms with Crippen LogP contribution in [0.3, 0.4) is 0 Å². The first-order valence-corrected chi connectivity index (χ1v) is 8.46. The third-order valence-electron chi connectivity index (χ3n) is 3.91. The first-order chi connectivity index (χ1) is 13.1. The number of anilines is 3. The van der Waals surface area contributed by atoms with Gasteiger partial charge in [-0.1, -0.05) is 42.5 Å². The second-order valence-electron chi connectivity index (χ2n) is 5.91. The zero-order chi connectivity index (χ0) is 19.1. The zero-order valence-corrected chi connectivity index (χ0v) is 14.6. The number of carbonyl (C=O) groups is 2. The summed E-state index contributed by atoms with van der Waals surface area (Å²) in [4.78, 5) is 24.3. The van der Waals surface area contributed by atoms with Crippen molar-refractivity contribution in [2.45, 2.75) is 6.54 Å². The van der Waals surface area contributed by atoms with Gasteiger partial charge < -0.3 is 21.7 Å². The van der Waals surface area contributed by atoms with Gasteiger partial charge in [0.15, 0.2) is 0 Å². The van der Waals surface area contributed by atoms with Crippen molar-refractivity contribution in [3.8, 4) is 0 Å². The molecule has 0 aliphatic heterocycles. The third-order valence-corrected chi connectivity index (χ3v) is 3.91. The van der Waals surface area contributed by atoms with E-state index in [0.717, 1.165) is 5.56 Å². The van der Waals surface area contributed by atoms with Crippen LogP contribution >= 0.6 is 0 Å². The van der Waals surface area contributed by atoms with E-state index in [2.05, 4.69) is 16.0 Å². The van der Waals surface area contributed by atoms with Crippen LogP contribution < -0.4 is 21.7 Å². The SMILES string of the molecule is Nc1ccccc1NC(=O)c1ccc(NC(=O)NCc2ccccc2)cc1. The molecule has 6 heteroatoms. The fraction of sp³-hybridized carbons (Fsp3) is 0.0476. The van der Waals surface area contributed by atoms with Crippen LogP contribution in [0.15, 0.2) is 78.9 Å². The molecule has 27 heavy (non-hydrogen) atoms. The second-order valence-corrected chi connectivity index (χ2v) is 5.91. The van der Waals surface area contributed by atoms with E-state index in [1.807, 2.05) is 30.3 Å². The van der Waals surface area contributed by atoms with Gasteiger partial charge in [-0.2, -0.15) is 0 Å². The van der Waals surface area contributed by atoms with Crippen molar-refractivity contribution in [3.63, 3.8) is 0 Å². The van der Waals surface area contributed by atoms with Gasteiger partial charge in [-0.3, -0.25) is 4.79 Å². The molecule has 0 aromatic heterocycles. The summed E-state index contributed by atoms with van der Waals surface area (Å²) in [5.74, 6) is -0.270. The first kappa shape index (κ1) is 18.0. The zero-order valence-electron chi connectivity index (χ0n) is 14.6. The van der Waals surface area contributed by atoms with Gasteiger partial charge in [-0.25, -0.2) is 4.79 Å². The third kappa shape index (κ3) is 5.09. The largest absolute Gasteiger partial charge is 0.397 e. The number of benzene rings is 3. The molecule has 0 spiro atoms. The molecule has 6 nitrogen and oxygen atoms in total. The number of hydrogen-bond acceptors (Lipinski definition) is 3. The van der Waals surface area contributed by atoms with Crippen LogP contribution in [0, 0.1) is 0 Å². The molecule has 3 rings (SSSR count). The maximum atomic E-state index is 12.3. The Morgan fingerprint density at radius 3 is 2.15 bits per heavy atom. The molecule has 0 saturated heterocycles. The minimum Gasteiger partial charge on any atom is -0.397 e. The highest BCUT2D eigenvalue weighted by Gasteiger charge is 2.08. The molecule has 0 atom stereocenters. The molecule has 0 unspecified atom stereocenters. The van der Waals surface area contributed by atoms with Crippen LogP contribution in [0.4, 0.5) is 21.9 Å². The lowest BCUT2D eigenvalue weighted by molar-refractivity contribution is 0.102. The molecule has 0 bridgehead atoms. The van der Waals surface area contributed by atoms with Crippen LogP contribution in [-0.4, -0.2) is 11.9 Å². The van der Waals surface area contributed by atoms with Crippen LogP contribution in [0.5, 0.6) is 0 Å². The Balaban J connectivity index is 1.54. The molecule has 0 aliphatic rings. The molecule has 0 aliphatic carbocycles. The predicted octanol–water partition coefficient (Wildman–Crippen LogP) is 3.84. The molecule has 5 N–H and O–H groups in total. The number of amides is 3. The van der Waals surface area contributed by atoms with E-state index >= 15 is 0 Å². The van der Waals surface area contributed by atoms with Gasteiger partial charge in [0.1, 0.15) is 0 Å². The van der Waals surface area contributed by atoms with E-state index in [1.54, 1.807) is 48.5 Å². The number of para-hydroxylation sites is 2. The van der Waals surface area contributed by atoms with Crippen LogP contribution in [0.2, 0.25) is 0 Å². The van der Waals surface area contributed by atoms with Crippen molar-refractivity contribution in [1.82, 2.24) is 5.32 Å². The van der Waals surface area contributed by atoms with E-state index < -0.39 is 0 Å². The smallest absolute Gasteiger partial charge is 0.319 e. The number of nitrogens with two attached hydrogens (primary N) is 1. The van der Waals surface area contributed by atoms with Crippen molar-refractivity contribution in [1.29, 1.82) is 0 Å². The number of nitrogen functional groups attached to an aromatic ring is 1. The normalized spacial score (nSPS) is 10.1. The Bertz CT molecular complexity index is 924. The Morgan fingerprint density at radius 1 is 0.778 bits per heavy atom. The van der Waals surface area contributed by atoms with Gasteiger partial charge >= 0.3 is 6.03 Å². The van der Waals surface area contributed by atoms with Gasteiger partial charge in [0.2, 0.25) is 0 Å². The molecule has 0 heterocycles. The molecular weight excluding hydrogens is 340 g/mol. The lowest BCUT2D eigenvalue weighted by atomic mass is 10.2. The van der Waals surface area contributed by atoms with Crippen LogP contribution in [0.25, 0.3) is 0 Å². The topological polar surface area (TPSA) is 96.2 Å². The summed E-state index contributed by atoms with van der Waals surface area (Å²) < 4.78 is 0. The maximum Gasteiger partial charge on any atom is 0.319 e. The minimum absolute atomic E-state index is 0.270. The van der Waals surface area contributed by atoms with Crippen LogP contribution in [0.1, 0.15) is 15.9 Å². The Morgan fingerprint density at radius 2 is 1.44 bits per heavy atom. The average Bonchev–Trinajstić information content (AvgIpc) is 2.69. The van der Waals surface area contributed by atoms with Gasteiger partial charge in [0, 0.05) is 17.8 Å². The fourth-order valence-corrected chi connectivity index (χ4v) is 2.46. The van der Waals surface area contributed by atoms with E-state index in [-0.39, 0.29) is 11.9 Å². The summed E-state index contributed by atoms with van der Waals surface area (Å²) >= 11 is 0. The Labute approximate surface area is 157 Å². The van der Waals surface area contributed by atoms with Crippen molar-refractivity contribution >= 4 is 29.0 Å². The van der Waals surface area contributed by atoms with Crippen molar-refractivity contribution in [2.24, 2.45) is 0 Å². The average molecular weight is 360 g/mol. The summed E-state index contributed by atoms with van der Waals surface area (Å²) in [7, 11) is 0. The van der Waals surface area contributed by atoms with E-state index in [9.17, 15) is 9.59 Å². The lowest BCUT2D eigenvalue weighted by Gasteiger charge is -2.10. The van der Waals surface area contributed by atoms with Crippen molar-refractivity contribution in [2.75, 3.05) is 16.4 Å². The molecule has 0 saturated carbocycles. The van der Waals surface area contributed by atoms with Crippen molar-refractivity contribution in [3.05, 3.63) is 90.0 Å². The van der Waals surface area contributed by atoms with Crippen molar-refractivity contribution < 1.29 is 9.59 Å². The molecule has 3 aromatic rings. The highest BCUT2D eigenvalue weighted by Crippen LogP contribution is 2.18. The molecule has 0 radical (unpaired) electrons. The number of urea groups is 1. The number of rotatable bonds is 5. The van der Waals surface area contributed by atoms with Gasteiger partial charge in [-0.15, -0.1) is 0 Å². The Hall–Kier alpha value is -3.80. The molecule has 0 fully saturated rings. The van der Waals surface area contributed by atoms with E-state index in [1.165, 1.54) is 0 Å². The standard InChI is InChI=1S/C21H20N4O2/c22-18-8-4-5-9-19(18)25-20(26)16-10-12-17(13-11-16)24-21(27)23-14-15-6-2-1-3-7-15/h1-13H,14,22H2,(H,25,26)(H2,23,24,27). The monoisotopic (exact) mass is 360 g/mol. The summed E-state index contributed by atoms with van der Waals surface area (Å²) in [6, 6.07) is 23.0. The first-order valence-electron chi connectivity index (χ1n) is 8.46. The lowest BCUT2D eigenvalue weighted by Crippen LogP contribution is -2.28. The summed E-state index contributed by atoms with van der Waals surface area (Å²) in [5, 5.41) is 8.28. The van der Waals surface area contributed by atoms with Crippen LogP contribution in [-0.2, 0) is 6.54 Å². The summed E-state index contributed by atoms with van der Waals surface area (Å²) in [6.07, 6.45) is 0. The Kier molecular flexibility index (Phi) is 5.69. The highest BCUT2D eigenvalue weighted by molar-refractivity contribution is 6.06. The van der Waals surface area contributed by atoms with Gasteiger partial charge in [-0.05, 0) is 42.0 Å². The van der Waals surface area contributed by atoms with Gasteiger partial charge in [0.05, 0.1) is 11.4 Å². The number of nitrogens with one attached hydrogen (secondary N) is 3. The van der Waals surface area contributed by atoms with E-state index in [0.29, 0.717) is 29.2 Å². The molecule has 3 amide bonds. The van der Waals surface area contributed by atoms with Gasteiger partial charge in [0.25, 0.3) is 5.91 Å². The summed E-state index contributed by atoms with van der Waals surface area (Å²) in [6.45, 7) is 0.436. The number of carbonyl (C=O) groups excluding carboxylic acids is 2. The second kappa shape index (κ2) is 8.53. The molecular formula is C21H20N4O2. The molecule has 3 aromatic carbocycles. The fourth-order valence-electron chi connectivity index (χ4n) is 2.46. The quantitative estimate of drug-likeness (QED) is 0.521. The predicted molar refractivity (Wildman–Crippen MR) is 108 cm³/mol. The highest BCUT2D eigenvalue weighted by atomic mass is 16.2. The maximum absolute atomic E-state index is 12.3. The minimum atomic E-state index is -0.312. The van der Waals surface area contributed by atoms with E-state index in [4.69, 9.17) is 5.73 Å².